The SMILES string of the molecule is O=C(O)CCC(=O)NCc1ccc(I)c(Cl)c1. The molecule has 17 heavy (non-hydrogen) atoms. The van der Waals surface area contributed by atoms with Crippen molar-refractivity contribution >= 4 is 46.1 Å². The van der Waals surface area contributed by atoms with Gasteiger partial charge in [0.05, 0.1) is 11.4 Å². The number of aliphatic carboxylic acids is 1. The molecular weight excluding hydrogens is 356 g/mol. The number of rotatable bonds is 5. The van der Waals surface area contributed by atoms with E-state index in [0.29, 0.717) is 11.6 Å². The highest BCUT2D eigenvalue weighted by Gasteiger charge is 2.05. The van der Waals surface area contributed by atoms with E-state index in [1.165, 1.54) is 0 Å². The summed E-state index contributed by atoms with van der Waals surface area (Å²) in [4.78, 5) is 21.5. The molecular formula is C11H11ClINO3. The normalized spacial score (nSPS) is 10.0. The van der Waals surface area contributed by atoms with E-state index in [4.69, 9.17) is 16.7 Å². The molecule has 1 aromatic carbocycles. The second-order valence-electron chi connectivity index (χ2n) is 3.42. The van der Waals surface area contributed by atoms with Gasteiger partial charge in [0.25, 0.3) is 0 Å². The van der Waals surface area contributed by atoms with E-state index in [2.05, 4.69) is 27.9 Å². The van der Waals surface area contributed by atoms with E-state index in [1.807, 2.05) is 12.1 Å². The smallest absolute Gasteiger partial charge is 0.303 e. The molecule has 0 aliphatic rings. The highest BCUT2D eigenvalue weighted by Crippen LogP contribution is 2.19. The number of amides is 1. The zero-order valence-corrected chi connectivity index (χ0v) is 11.8. The van der Waals surface area contributed by atoms with Crippen molar-refractivity contribution in [3.8, 4) is 0 Å². The Morgan fingerprint density at radius 1 is 1.35 bits per heavy atom. The summed E-state index contributed by atoms with van der Waals surface area (Å²) in [6.45, 7) is 0.356. The third kappa shape index (κ3) is 5.36. The first kappa shape index (κ1) is 14.2. The molecule has 0 aliphatic carbocycles. The van der Waals surface area contributed by atoms with Crippen LogP contribution in [0.15, 0.2) is 18.2 Å². The molecule has 92 valence electrons. The fourth-order valence-electron chi connectivity index (χ4n) is 1.16. The summed E-state index contributed by atoms with van der Waals surface area (Å²) in [5.74, 6) is -1.25. The molecule has 6 heteroatoms. The van der Waals surface area contributed by atoms with Gasteiger partial charge in [-0.15, -0.1) is 0 Å². The monoisotopic (exact) mass is 367 g/mol. The number of carboxylic acid groups (broad SMARTS) is 1. The number of nitrogens with one attached hydrogen (secondary N) is 1. The Morgan fingerprint density at radius 2 is 2.06 bits per heavy atom. The van der Waals surface area contributed by atoms with E-state index in [0.717, 1.165) is 9.13 Å². The Morgan fingerprint density at radius 3 is 2.65 bits per heavy atom. The van der Waals surface area contributed by atoms with Crippen molar-refractivity contribution in [3.63, 3.8) is 0 Å². The summed E-state index contributed by atoms with van der Waals surface area (Å²) in [5, 5.41) is 11.7. The van der Waals surface area contributed by atoms with Crippen molar-refractivity contribution in [2.45, 2.75) is 19.4 Å². The van der Waals surface area contributed by atoms with E-state index in [-0.39, 0.29) is 18.7 Å². The fourth-order valence-corrected chi connectivity index (χ4v) is 1.70. The molecule has 0 bridgehead atoms. The van der Waals surface area contributed by atoms with Crippen molar-refractivity contribution in [1.82, 2.24) is 5.32 Å². The summed E-state index contributed by atoms with van der Waals surface area (Å²) in [7, 11) is 0. The van der Waals surface area contributed by atoms with Crippen molar-refractivity contribution in [3.05, 3.63) is 32.4 Å². The molecule has 0 spiro atoms. The molecule has 1 amide bonds. The minimum absolute atomic E-state index is 0.00651. The summed E-state index contributed by atoms with van der Waals surface area (Å²) in [6.07, 6.45) is -0.160. The molecule has 0 saturated heterocycles. The lowest BCUT2D eigenvalue weighted by atomic mass is 10.2. The number of halogens is 2. The second-order valence-corrected chi connectivity index (χ2v) is 4.99. The number of carboxylic acids is 1. The van der Waals surface area contributed by atoms with E-state index in [1.54, 1.807) is 6.07 Å². The molecule has 0 radical (unpaired) electrons. The number of hydrogen-bond acceptors (Lipinski definition) is 2. The van der Waals surface area contributed by atoms with Crippen LogP contribution in [0.25, 0.3) is 0 Å². The summed E-state index contributed by atoms with van der Waals surface area (Å²) in [6, 6.07) is 5.51. The molecule has 1 rings (SSSR count). The van der Waals surface area contributed by atoms with Crippen LogP contribution in [0.2, 0.25) is 5.02 Å². The van der Waals surface area contributed by atoms with Gasteiger partial charge in [-0.1, -0.05) is 17.7 Å². The van der Waals surface area contributed by atoms with E-state index in [9.17, 15) is 9.59 Å². The van der Waals surface area contributed by atoms with Gasteiger partial charge in [0.1, 0.15) is 0 Å². The maximum Gasteiger partial charge on any atom is 0.303 e. The Kier molecular flexibility index (Phi) is 5.70. The van der Waals surface area contributed by atoms with Crippen LogP contribution in [0.5, 0.6) is 0 Å². The minimum Gasteiger partial charge on any atom is -0.481 e. The van der Waals surface area contributed by atoms with Crippen LogP contribution in [0.4, 0.5) is 0 Å². The largest absolute Gasteiger partial charge is 0.481 e. The first-order valence-corrected chi connectivity index (χ1v) is 6.37. The molecule has 0 atom stereocenters. The first-order chi connectivity index (χ1) is 7.99. The summed E-state index contributed by atoms with van der Waals surface area (Å²) >= 11 is 8.05. The van der Waals surface area contributed by atoms with Crippen molar-refractivity contribution in [1.29, 1.82) is 0 Å². The van der Waals surface area contributed by atoms with Gasteiger partial charge in [-0.05, 0) is 40.3 Å². The number of hydrogen-bond donors (Lipinski definition) is 2. The van der Waals surface area contributed by atoms with Crippen LogP contribution in [-0.2, 0) is 16.1 Å². The van der Waals surface area contributed by atoms with Crippen LogP contribution in [0.1, 0.15) is 18.4 Å². The van der Waals surface area contributed by atoms with Crippen LogP contribution >= 0.6 is 34.2 Å². The molecule has 0 aromatic heterocycles. The highest BCUT2D eigenvalue weighted by molar-refractivity contribution is 14.1. The number of carbonyl (C=O) groups excluding carboxylic acids is 1. The van der Waals surface area contributed by atoms with Gasteiger partial charge in [-0.2, -0.15) is 0 Å². The molecule has 0 unspecified atom stereocenters. The molecule has 0 aliphatic heterocycles. The van der Waals surface area contributed by atoms with Crippen LogP contribution in [0, 0.1) is 3.57 Å². The van der Waals surface area contributed by atoms with Gasteiger partial charge in [0, 0.05) is 16.5 Å². The van der Waals surface area contributed by atoms with Crippen molar-refractivity contribution < 1.29 is 14.7 Å². The Hall–Kier alpha value is -0.820. The fraction of sp³-hybridized carbons (Fsp3) is 0.273. The van der Waals surface area contributed by atoms with Crippen molar-refractivity contribution in [2.24, 2.45) is 0 Å². The molecule has 0 fully saturated rings. The average Bonchev–Trinajstić information content (AvgIpc) is 2.28. The van der Waals surface area contributed by atoms with E-state index < -0.39 is 5.97 Å². The predicted octanol–water partition coefficient (Wildman–Crippen LogP) is 2.43. The number of carbonyl (C=O) groups is 2. The first-order valence-electron chi connectivity index (χ1n) is 4.91. The number of benzene rings is 1. The Labute approximate surface area is 117 Å². The lowest BCUT2D eigenvalue weighted by Gasteiger charge is -2.05. The third-order valence-electron chi connectivity index (χ3n) is 2.04. The summed E-state index contributed by atoms with van der Waals surface area (Å²) in [5.41, 5.74) is 0.888. The molecule has 4 nitrogen and oxygen atoms in total. The lowest BCUT2D eigenvalue weighted by molar-refractivity contribution is -0.138. The predicted molar refractivity (Wildman–Crippen MR) is 72.9 cm³/mol. The molecule has 0 heterocycles. The van der Waals surface area contributed by atoms with Crippen LogP contribution in [0.3, 0.4) is 0 Å². The maximum atomic E-state index is 11.3. The second kappa shape index (κ2) is 6.80. The van der Waals surface area contributed by atoms with Crippen LogP contribution < -0.4 is 5.32 Å². The lowest BCUT2D eigenvalue weighted by Crippen LogP contribution is -2.23. The summed E-state index contributed by atoms with van der Waals surface area (Å²) < 4.78 is 0.949. The van der Waals surface area contributed by atoms with E-state index >= 15 is 0 Å². The van der Waals surface area contributed by atoms with Gasteiger partial charge in [-0.3, -0.25) is 9.59 Å². The van der Waals surface area contributed by atoms with Gasteiger partial charge < -0.3 is 10.4 Å². The minimum atomic E-state index is -0.975. The van der Waals surface area contributed by atoms with Crippen LogP contribution in [-0.4, -0.2) is 17.0 Å². The zero-order chi connectivity index (χ0) is 12.8. The van der Waals surface area contributed by atoms with Crippen molar-refractivity contribution in [2.75, 3.05) is 0 Å². The maximum absolute atomic E-state index is 11.3. The van der Waals surface area contributed by atoms with Gasteiger partial charge in [0.15, 0.2) is 0 Å². The topological polar surface area (TPSA) is 66.4 Å². The van der Waals surface area contributed by atoms with Gasteiger partial charge >= 0.3 is 5.97 Å². The Bertz CT molecular complexity index is 437. The van der Waals surface area contributed by atoms with Gasteiger partial charge in [-0.25, -0.2) is 0 Å². The molecule has 2 N–H and O–H groups in total. The third-order valence-corrected chi connectivity index (χ3v) is 3.61. The molecule has 1 aromatic rings. The quantitative estimate of drug-likeness (QED) is 0.786. The average molecular weight is 368 g/mol. The highest BCUT2D eigenvalue weighted by atomic mass is 127. The Balaban J connectivity index is 2.42. The molecule has 0 saturated carbocycles. The standard InChI is InChI=1S/C11H11ClINO3/c12-8-5-7(1-2-9(8)13)6-14-10(15)3-4-11(16)17/h1-2,5H,3-4,6H2,(H,14,15)(H,16,17). The zero-order valence-electron chi connectivity index (χ0n) is 8.87. The van der Waals surface area contributed by atoms with Gasteiger partial charge in [0.2, 0.25) is 5.91 Å².